The third-order valence-electron chi connectivity index (χ3n) is 2.84. The quantitative estimate of drug-likeness (QED) is 0.753. The Hall–Kier alpha value is -1.36. The maximum absolute atomic E-state index is 12.0. The lowest BCUT2D eigenvalue weighted by Crippen LogP contribution is -2.51. The smallest absolute Gasteiger partial charge is 0.227 e. The maximum atomic E-state index is 12.0. The van der Waals surface area contributed by atoms with Gasteiger partial charge in [-0.2, -0.15) is 5.10 Å². The van der Waals surface area contributed by atoms with E-state index in [1.807, 2.05) is 18.1 Å². The zero-order valence-corrected chi connectivity index (χ0v) is 9.81. The standard InChI is InChI=1S/C11H18N4O/c1-9-7-15(4-3-12-9)11(16)5-10-6-13-14(2)8-10/h6,8-9,12H,3-5,7H2,1-2H3/t9-/m1/s1. The molecule has 1 atom stereocenters. The SMILES string of the molecule is C[C@@H]1CN(C(=O)Cc2cnn(C)c2)CCN1. The highest BCUT2D eigenvalue weighted by Crippen LogP contribution is 2.04. The first-order valence-electron chi connectivity index (χ1n) is 5.64. The summed E-state index contributed by atoms with van der Waals surface area (Å²) in [7, 11) is 1.86. The Morgan fingerprint density at radius 2 is 2.50 bits per heavy atom. The van der Waals surface area contributed by atoms with E-state index >= 15 is 0 Å². The number of piperazine rings is 1. The van der Waals surface area contributed by atoms with Gasteiger partial charge in [0.15, 0.2) is 0 Å². The predicted octanol–water partition coefficient (Wildman–Crippen LogP) is -0.217. The largest absolute Gasteiger partial charge is 0.340 e. The summed E-state index contributed by atoms with van der Waals surface area (Å²) in [5.74, 6) is 0.196. The number of aromatic nitrogens is 2. The maximum Gasteiger partial charge on any atom is 0.227 e. The lowest BCUT2D eigenvalue weighted by atomic mass is 10.2. The van der Waals surface area contributed by atoms with Gasteiger partial charge in [0, 0.05) is 38.9 Å². The van der Waals surface area contributed by atoms with E-state index in [4.69, 9.17) is 0 Å². The van der Waals surface area contributed by atoms with Crippen molar-refractivity contribution in [2.45, 2.75) is 19.4 Å². The Morgan fingerprint density at radius 3 is 3.12 bits per heavy atom. The van der Waals surface area contributed by atoms with Crippen LogP contribution in [0.4, 0.5) is 0 Å². The van der Waals surface area contributed by atoms with Crippen LogP contribution in [0.3, 0.4) is 0 Å². The van der Waals surface area contributed by atoms with Crippen LogP contribution in [0.1, 0.15) is 12.5 Å². The summed E-state index contributed by atoms with van der Waals surface area (Å²) in [6.07, 6.45) is 4.10. The highest BCUT2D eigenvalue weighted by molar-refractivity contribution is 5.78. The predicted molar refractivity (Wildman–Crippen MR) is 61.0 cm³/mol. The second kappa shape index (κ2) is 4.65. The summed E-state index contributed by atoms with van der Waals surface area (Å²) in [4.78, 5) is 13.9. The van der Waals surface area contributed by atoms with Crippen molar-refractivity contribution >= 4 is 5.91 Å². The van der Waals surface area contributed by atoms with E-state index in [-0.39, 0.29) is 5.91 Å². The Balaban J connectivity index is 1.92. The molecule has 5 nitrogen and oxygen atoms in total. The lowest BCUT2D eigenvalue weighted by molar-refractivity contribution is -0.131. The molecule has 1 saturated heterocycles. The monoisotopic (exact) mass is 222 g/mol. The van der Waals surface area contributed by atoms with Crippen LogP contribution in [0.2, 0.25) is 0 Å². The molecule has 0 radical (unpaired) electrons. The fraction of sp³-hybridized carbons (Fsp3) is 0.636. The number of carbonyl (C=O) groups excluding carboxylic acids is 1. The van der Waals surface area contributed by atoms with Gasteiger partial charge >= 0.3 is 0 Å². The van der Waals surface area contributed by atoms with Gasteiger partial charge in [-0.25, -0.2) is 0 Å². The number of hydrogen-bond acceptors (Lipinski definition) is 3. The Labute approximate surface area is 95.4 Å². The van der Waals surface area contributed by atoms with Gasteiger partial charge in [0.1, 0.15) is 0 Å². The van der Waals surface area contributed by atoms with Gasteiger partial charge in [-0.3, -0.25) is 9.48 Å². The van der Waals surface area contributed by atoms with E-state index < -0.39 is 0 Å². The van der Waals surface area contributed by atoms with Crippen molar-refractivity contribution in [1.29, 1.82) is 0 Å². The van der Waals surface area contributed by atoms with Gasteiger partial charge < -0.3 is 10.2 Å². The van der Waals surface area contributed by atoms with Crippen molar-refractivity contribution in [3.63, 3.8) is 0 Å². The summed E-state index contributed by atoms with van der Waals surface area (Å²) in [5.41, 5.74) is 0.985. The molecule has 1 aromatic heterocycles. The van der Waals surface area contributed by atoms with Crippen molar-refractivity contribution < 1.29 is 4.79 Å². The highest BCUT2D eigenvalue weighted by Gasteiger charge is 2.20. The second-order valence-electron chi connectivity index (χ2n) is 4.39. The van der Waals surface area contributed by atoms with Gasteiger partial charge in [-0.05, 0) is 12.5 Å². The molecule has 0 spiro atoms. The van der Waals surface area contributed by atoms with E-state index in [2.05, 4.69) is 17.3 Å². The van der Waals surface area contributed by atoms with Crippen LogP contribution in [0, 0.1) is 0 Å². The van der Waals surface area contributed by atoms with Crippen molar-refractivity contribution in [2.75, 3.05) is 19.6 Å². The molecule has 5 heteroatoms. The molecule has 0 bridgehead atoms. The number of rotatable bonds is 2. The zero-order valence-electron chi connectivity index (χ0n) is 9.81. The molecular formula is C11H18N4O. The molecule has 0 saturated carbocycles. The highest BCUT2D eigenvalue weighted by atomic mass is 16.2. The Bertz CT molecular complexity index is 374. The Kier molecular flexibility index (Phi) is 3.24. The molecular weight excluding hydrogens is 204 g/mol. The minimum absolute atomic E-state index is 0.196. The van der Waals surface area contributed by atoms with Crippen LogP contribution in [0.25, 0.3) is 0 Å². The molecule has 2 heterocycles. The fourth-order valence-corrected chi connectivity index (χ4v) is 2.01. The van der Waals surface area contributed by atoms with E-state index in [0.717, 1.165) is 25.2 Å². The number of carbonyl (C=O) groups is 1. The van der Waals surface area contributed by atoms with Gasteiger partial charge in [0.05, 0.1) is 12.6 Å². The molecule has 16 heavy (non-hydrogen) atoms. The minimum atomic E-state index is 0.196. The molecule has 1 amide bonds. The number of hydrogen-bond donors (Lipinski definition) is 1. The number of amides is 1. The molecule has 0 aromatic carbocycles. The van der Waals surface area contributed by atoms with Crippen molar-refractivity contribution in [2.24, 2.45) is 7.05 Å². The summed E-state index contributed by atoms with van der Waals surface area (Å²) in [6.45, 7) is 4.60. The molecule has 0 aliphatic carbocycles. The Morgan fingerprint density at radius 1 is 1.69 bits per heavy atom. The summed E-state index contributed by atoms with van der Waals surface area (Å²) < 4.78 is 1.73. The third kappa shape index (κ3) is 2.61. The first-order chi connectivity index (χ1) is 7.65. The molecule has 1 fully saturated rings. The van der Waals surface area contributed by atoms with Crippen molar-refractivity contribution in [3.05, 3.63) is 18.0 Å². The van der Waals surface area contributed by atoms with E-state index in [9.17, 15) is 4.79 Å². The molecule has 1 N–H and O–H groups in total. The number of nitrogens with one attached hydrogen (secondary N) is 1. The third-order valence-corrected chi connectivity index (χ3v) is 2.84. The molecule has 88 valence electrons. The van der Waals surface area contributed by atoms with Crippen LogP contribution in [0.15, 0.2) is 12.4 Å². The van der Waals surface area contributed by atoms with Crippen molar-refractivity contribution in [3.8, 4) is 0 Å². The topological polar surface area (TPSA) is 50.2 Å². The van der Waals surface area contributed by atoms with E-state index in [1.54, 1.807) is 10.9 Å². The summed E-state index contributed by atoms with van der Waals surface area (Å²) >= 11 is 0. The van der Waals surface area contributed by atoms with Crippen LogP contribution >= 0.6 is 0 Å². The first-order valence-corrected chi connectivity index (χ1v) is 5.64. The number of nitrogens with zero attached hydrogens (tertiary/aromatic N) is 3. The molecule has 0 unspecified atom stereocenters. The van der Waals surface area contributed by atoms with Crippen LogP contribution in [-0.4, -0.2) is 46.3 Å². The molecule has 1 aliphatic heterocycles. The second-order valence-corrected chi connectivity index (χ2v) is 4.39. The minimum Gasteiger partial charge on any atom is -0.340 e. The molecule has 2 rings (SSSR count). The molecule has 1 aliphatic rings. The van der Waals surface area contributed by atoms with E-state index in [0.29, 0.717) is 12.5 Å². The van der Waals surface area contributed by atoms with Crippen LogP contribution in [0.5, 0.6) is 0 Å². The fourth-order valence-electron chi connectivity index (χ4n) is 2.01. The van der Waals surface area contributed by atoms with Crippen molar-refractivity contribution in [1.82, 2.24) is 20.0 Å². The zero-order chi connectivity index (χ0) is 11.5. The summed E-state index contributed by atoms with van der Waals surface area (Å²) in [5, 5.41) is 7.39. The lowest BCUT2D eigenvalue weighted by Gasteiger charge is -2.31. The number of aryl methyl sites for hydroxylation is 1. The van der Waals surface area contributed by atoms with Gasteiger partial charge in [-0.1, -0.05) is 0 Å². The van der Waals surface area contributed by atoms with Gasteiger partial charge in [0.2, 0.25) is 5.91 Å². The molecule has 1 aromatic rings. The van der Waals surface area contributed by atoms with Crippen LogP contribution in [-0.2, 0) is 18.3 Å². The van der Waals surface area contributed by atoms with Gasteiger partial charge in [0.25, 0.3) is 0 Å². The first kappa shape index (κ1) is 11.1. The van der Waals surface area contributed by atoms with E-state index in [1.165, 1.54) is 0 Å². The average Bonchev–Trinajstić information content (AvgIpc) is 2.64. The van der Waals surface area contributed by atoms with Gasteiger partial charge in [-0.15, -0.1) is 0 Å². The summed E-state index contributed by atoms with van der Waals surface area (Å²) in [6, 6.07) is 0.395. The average molecular weight is 222 g/mol. The van der Waals surface area contributed by atoms with Crippen LogP contribution < -0.4 is 5.32 Å². The normalized spacial score (nSPS) is 21.1.